The first-order valence-electron chi connectivity index (χ1n) is 9.85. The molecule has 0 aromatic heterocycles. The summed E-state index contributed by atoms with van der Waals surface area (Å²) in [5, 5.41) is 6.75. The van der Waals surface area contributed by atoms with Crippen molar-refractivity contribution < 1.29 is 9.53 Å². The van der Waals surface area contributed by atoms with E-state index in [1.807, 2.05) is 6.92 Å². The third-order valence-corrected chi connectivity index (χ3v) is 4.18. The van der Waals surface area contributed by atoms with Crippen LogP contribution in [0.5, 0.6) is 0 Å². The lowest BCUT2D eigenvalue weighted by Crippen LogP contribution is -2.41. The van der Waals surface area contributed by atoms with Gasteiger partial charge in [0.15, 0.2) is 5.96 Å². The molecule has 0 saturated heterocycles. The van der Waals surface area contributed by atoms with Gasteiger partial charge in [0.25, 0.3) is 0 Å². The second-order valence-electron chi connectivity index (χ2n) is 6.58. The Morgan fingerprint density at radius 2 is 1.85 bits per heavy atom. The number of unbranched alkanes of at least 4 members (excludes halogenated alkanes) is 2. The number of guanidine groups is 1. The van der Waals surface area contributed by atoms with Gasteiger partial charge >= 0.3 is 0 Å². The Hall–Kier alpha value is -0.570. The Balaban J connectivity index is 0. The molecule has 2 N–H and O–H groups in total. The van der Waals surface area contributed by atoms with E-state index in [0.29, 0.717) is 5.92 Å². The Bertz CT molecular complexity index is 365. The van der Waals surface area contributed by atoms with E-state index in [0.717, 1.165) is 51.5 Å². The summed E-state index contributed by atoms with van der Waals surface area (Å²) in [6.07, 6.45) is 6.93. The molecule has 0 bridgehead atoms. The van der Waals surface area contributed by atoms with Gasteiger partial charge in [0.05, 0.1) is 0 Å². The maximum absolute atomic E-state index is 11.8. The fourth-order valence-corrected chi connectivity index (χ4v) is 2.33. The van der Waals surface area contributed by atoms with Crippen LogP contribution in [-0.2, 0) is 9.53 Å². The molecule has 7 heteroatoms. The molecule has 0 rings (SSSR count). The molecule has 0 radical (unpaired) electrons. The van der Waals surface area contributed by atoms with Gasteiger partial charge in [-0.3, -0.25) is 4.79 Å². The highest BCUT2D eigenvalue weighted by atomic mass is 127. The average molecular weight is 484 g/mol. The fourth-order valence-electron chi connectivity index (χ4n) is 2.33. The van der Waals surface area contributed by atoms with Gasteiger partial charge in [-0.15, -0.1) is 24.0 Å². The number of aliphatic imine (C=N–C) groups is 1. The lowest BCUT2D eigenvalue weighted by molar-refractivity contribution is -0.127. The number of rotatable bonds is 14. The summed E-state index contributed by atoms with van der Waals surface area (Å²) >= 11 is 0. The van der Waals surface area contributed by atoms with E-state index in [9.17, 15) is 4.79 Å². The van der Waals surface area contributed by atoms with E-state index in [-0.39, 0.29) is 36.4 Å². The summed E-state index contributed by atoms with van der Waals surface area (Å²) < 4.78 is 5.35. The van der Waals surface area contributed by atoms with E-state index >= 15 is 0 Å². The molecule has 0 aliphatic rings. The number of carbonyl (C=O) groups excluding carboxylic acids is 1. The zero-order chi connectivity index (χ0) is 18.9. The highest BCUT2D eigenvalue weighted by Gasteiger charge is 2.08. The number of hydrogen-bond donors (Lipinski definition) is 2. The normalized spacial score (nSPS) is 12.3. The number of ether oxygens (including phenoxy) is 1. The van der Waals surface area contributed by atoms with Gasteiger partial charge in [0.1, 0.15) is 6.54 Å². The van der Waals surface area contributed by atoms with Gasteiger partial charge in [-0.05, 0) is 32.1 Å². The summed E-state index contributed by atoms with van der Waals surface area (Å²) in [5.74, 6) is 1.39. The second kappa shape index (κ2) is 19.2. The standard InChI is InChI=1S/C19H40N4O2.HI/c1-6-9-12-17(7-2)15-21-19(22-16-18(24)23(4)5)20-13-10-11-14-25-8-3;/h17H,6-16H2,1-5H3,(H2,20,21,22);1H. The van der Waals surface area contributed by atoms with Gasteiger partial charge in [0, 0.05) is 40.4 Å². The van der Waals surface area contributed by atoms with Crippen molar-refractivity contribution >= 4 is 35.8 Å². The molecule has 26 heavy (non-hydrogen) atoms. The van der Waals surface area contributed by atoms with Crippen molar-refractivity contribution in [1.29, 1.82) is 0 Å². The highest BCUT2D eigenvalue weighted by Crippen LogP contribution is 2.11. The number of likely N-dealkylation sites (N-methyl/N-ethyl adjacent to an activating group) is 1. The summed E-state index contributed by atoms with van der Waals surface area (Å²) in [5.41, 5.74) is 0. The molecule has 1 amide bonds. The average Bonchev–Trinajstić information content (AvgIpc) is 2.61. The van der Waals surface area contributed by atoms with Crippen LogP contribution in [0.4, 0.5) is 0 Å². The van der Waals surface area contributed by atoms with Crippen LogP contribution in [0.1, 0.15) is 59.3 Å². The maximum atomic E-state index is 11.8. The number of hydrogen-bond acceptors (Lipinski definition) is 3. The van der Waals surface area contributed by atoms with E-state index in [4.69, 9.17) is 4.74 Å². The molecule has 0 aliphatic carbocycles. The number of nitrogens with zero attached hydrogens (tertiary/aromatic N) is 2. The van der Waals surface area contributed by atoms with Gasteiger partial charge in [-0.25, -0.2) is 4.99 Å². The number of nitrogens with one attached hydrogen (secondary N) is 2. The molecule has 0 aromatic carbocycles. The van der Waals surface area contributed by atoms with Crippen LogP contribution in [0.15, 0.2) is 4.99 Å². The number of halogens is 1. The quantitative estimate of drug-likeness (QED) is 0.172. The van der Waals surface area contributed by atoms with Crippen molar-refractivity contribution in [2.24, 2.45) is 10.9 Å². The lowest BCUT2D eigenvalue weighted by atomic mass is 9.99. The Morgan fingerprint density at radius 3 is 2.42 bits per heavy atom. The number of amides is 1. The molecule has 0 fully saturated rings. The third kappa shape index (κ3) is 15.7. The van der Waals surface area contributed by atoms with Crippen LogP contribution < -0.4 is 10.6 Å². The molecule has 0 saturated carbocycles. The van der Waals surface area contributed by atoms with Crippen molar-refractivity contribution in [3.05, 3.63) is 0 Å². The molecule has 1 atom stereocenters. The Morgan fingerprint density at radius 1 is 1.12 bits per heavy atom. The zero-order valence-electron chi connectivity index (χ0n) is 17.5. The van der Waals surface area contributed by atoms with Gasteiger partial charge < -0.3 is 20.3 Å². The molecule has 0 spiro atoms. The summed E-state index contributed by atoms with van der Waals surface area (Å²) in [6, 6.07) is 0. The molecule has 1 unspecified atom stereocenters. The minimum atomic E-state index is 0. The predicted octanol–water partition coefficient (Wildman–Crippen LogP) is 3.26. The zero-order valence-corrected chi connectivity index (χ0v) is 19.8. The first-order valence-corrected chi connectivity index (χ1v) is 9.85. The molecule has 0 aromatic rings. The van der Waals surface area contributed by atoms with E-state index in [2.05, 4.69) is 29.5 Å². The van der Waals surface area contributed by atoms with Crippen LogP contribution in [-0.4, -0.2) is 63.7 Å². The lowest BCUT2D eigenvalue weighted by Gasteiger charge is -2.18. The predicted molar refractivity (Wildman–Crippen MR) is 121 cm³/mol. The largest absolute Gasteiger partial charge is 0.382 e. The highest BCUT2D eigenvalue weighted by molar-refractivity contribution is 14.0. The molecular weight excluding hydrogens is 443 g/mol. The minimum absolute atomic E-state index is 0. The van der Waals surface area contributed by atoms with Crippen LogP contribution in [0.2, 0.25) is 0 Å². The van der Waals surface area contributed by atoms with Crippen LogP contribution in [0, 0.1) is 5.92 Å². The van der Waals surface area contributed by atoms with Gasteiger partial charge in [0.2, 0.25) is 5.91 Å². The van der Waals surface area contributed by atoms with Crippen LogP contribution >= 0.6 is 24.0 Å². The molecule has 156 valence electrons. The van der Waals surface area contributed by atoms with Crippen molar-refractivity contribution in [2.45, 2.75) is 59.3 Å². The SMILES string of the molecule is CCCCC(CC)CNC(=NCC(=O)N(C)C)NCCCCOCC.I. The van der Waals surface area contributed by atoms with Crippen molar-refractivity contribution in [1.82, 2.24) is 15.5 Å². The maximum Gasteiger partial charge on any atom is 0.243 e. The molecular formula is C19H41IN4O2. The van der Waals surface area contributed by atoms with E-state index < -0.39 is 0 Å². The summed E-state index contributed by atoms with van der Waals surface area (Å²) in [4.78, 5) is 17.8. The van der Waals surface area contributed by atoms with Crippen molar-refractivity contribution in [3.63, 3.8) is 0 Å². The van der Waals surface area contributed by atoms with Crippen LogP contribution in [0.3, 0.4) is 0 Å². The third-order valence-electron chi connectivity index (χ3n) is 4.18. The first kappa shape index (κ1) is 27.6. The Kier molecular flexibility index (Phi) is 20.4. The number of carbonyl (C=O) groups is 1. The topological polar surface area (TPSA) is 66.0 Å². The van der Waals surface area contributed by atoms with Crippen molar-refractivity contribution in [2.75, 3.05) is 46.9 Å². The van der Waals surface area contributed by atoms with Gasteiger partial charge in [-0.2, -0.15) is 0 Å². The van der Waals surface area contributed by atoms with E-state index in [1.165, 1.54) is 19.3 Å². The molecule has 0 aliphatic heterocycles. The first-order chi connectivity index (χ1) is 12.0. The second-order valence-corrected chi connectivity index (χ2v) is 6.58. The molecule has 6 nitrogen and oxygen atoms in total. The van der Waals surface area contributed by atoms with Crippen molar-refractivity contribution in [3.8, 4) is 0 Å². The Labute approximate surface area is 177 Å². The summed E-state index contributed by atoms with van der Waals surface area (Å²) in [7, 11) is 3.51. The fraction of sp³-hybridized carbons (Fsp3) is 0.895. The minimum Gasteiger partial charge on any atom is -0.382 e. The monoisotopic (exact) mass is 484 g/mol. The van der Waals surface area contributed by atoms with Crippen LogP contribution in [0.25, 0.3) is 0 Å². The molecule has 0 heterocycles. The summed E-state index contributed by atoms with van der Waals surface area (Å²) in [6.45, 7) is 9.94. The van der Waals surface area contributed by atoms with E-state index in [1.54, 1.807) is 19.0 Å². The van der Waals surface area contributed by atoms with Gasteiger partial charge in [-0.1, -0.05) is 33.1 Å². The smallest absolute Gasteiger partial charge is 0.243 e.